The first-order valence-corrected chi connectivity index (χ1v) is 7.94. The number of hydrogen-bond donors (Lipinski definition) is 0. The SMILES string of the molecule is COCc1noc(-c2nn(-c3cccc(Cl)c3F)c3c2CCC3)n1. The topological polar surface area (TPSA) is 66.0 Å². The number of ether oxygens (including phenoxy) is 1. The summed E-state index contributed by atoms with van der Waals surface area (Å²) in [5.74, 6) is 0.276. The number of aromatic nitrogens is 4. The summed E-state index contributed by atoms with van der Waals surface area (Å²) in [6.07, 6.45) is 2.63. The minimum Gasteiger partial charge on any atom is -0.377 e. The van der Waals surface area contributed by atoms with Crippen LogP contribution in [0.2, 0.25) is 5.02 Å². The maximum atomic E-state index is 14.4. The Bertz CT molecular complexity index is 906. The van der Waals surface area contributed by atoms with Crippen molar-refractivity contribution in [3.05, 3.63) is 46.1 Å². The molecule has 0 amide bonds. The van der Waals surface area contributed by atoms with Crippen LogP contribution in [0.4, 0.5) is 4.39 Å². The highest BCUT2D eigenvalue weighted by atomic mass is 35.5. The Morgan fingerprint density at radius 1 is 1.38 bits per heavy atom. The maximum Gasteiger partial charge on any atom is 0.278 e. The Kier molecular flexibility index (Phi) is 3.82. The van der Waals surface area contributed by atoms with Crippen LogP contribution in [0.25, 0.3) is 17.3 Å². The van der Waals surface area contributed by atoms with Gasteiger partial charge in [0.15, 0.2) is 17.3 Å². The second-order valence-electron chi connectivity index (χ2n) is 5.56. The quantitative estimate of drug-likeness (QED) is 0.723. The average molecular weight is 349 g/mol. The van der Waals surface area contributed by atoms with Crippen molar-refractivity contribution in [3.63, 3.8) is 0 Å². The maximum absolute atomic E-state index is 14.4. The number of fused-ring (bicyclic) bond motifs is 1. The van der Waals surface area contributed by atoms with E-state index in [1.165, 1.54) is 6.07 Å². The van der Waals surface area contributed by atoms with Crippen LogP contribution in [-0.4, -0.2) is 27.0 Å². The van der Waals surface area contributed by atoms with E-state index in [0.29, 0.717) is 23.1 Å². The molecule has 24 heavy (non-hydrogen) atoms. The highest BCUT2D eigenvalue weighted by molar-refractivity contribution is 6.30. The van der Waals surface area contributed by atoms with Crippen LogP contribution < -0.4 is 0 Å². The van der Waals surface area contributed by atoms with Gasteiger partial charge in [0, 0.05) is 18.4 Å². The number of nitrogens with zero attached hydrogens (tertiary/aromatic N) is 4. The summed E-state index contributed by atoms with van der Waals surface area (Å²) in [4.78, 5) is 4.30. The van der Waals surface area contributed by atoms with Gasteiger partial charge in [0.1, 0.15) is 12.3 Å². The Morgan fingerprint density at radius 3 is 3.08 bits per heavy atom. The monoisotopic (exact) mass is 348 g/mol. The summed E-state index contributed by atoms with van der Waals surface area (Å²) in [7, 11) is 1.56. The third-order valence-electron chi connectivity index (χ3n) is 4.03. The number of benzene rings is 1. The smallest absolute Gasteiger partial charge is 0.278 e. The zero-order valence-electron chi connectivity index (χ0n) is 12.9. The fourth-order valence-electron chi connectivity index (χ4n) is 3.00. The van der Waals surface area contributed by atoms with Crippen molar-refractivity contribution < 1.29 is 13.7 Å². The summed E-state index contributed by atoms with van der Waals surface area (Å²) in [6, 6.07) is 4.87. The molecule has 0 unspecified atom stereocenters. The van der Waals surface area contributed by atoms with E-state index in [9.17, 15) is 4.39 Å². The van der Waals surface area contributed by atoms with E-state index in [2.05, 4.69) is 15.2 Å². The lowest BCUT2D eigenvalue weighted by Crippen LogP contribution is -2.04. The van der Waals surface area contributed by atoms with Gasteiger partial charge in [-0.25, -0.2) is 9.07 Å². The van der Waals surface area contributed by atoms with Crippen LogP contribution in [-0.2, 0) is 24.2 Å². The third kappa shape index (κ3) is 2.40. The van der Waals surface area contributed by atoms with Gasteiger partial charge in [-0.3, -0.25) is 0 Å². The van der Waals surface area contributed by atoms with Crippen molar-refractivity contribution in [1.82, 2.24) is 19.9 Å². The first-order valence-electron chi connectivity index (χ1n) is 7.56. The zero-order valence-corrected chi connectivity index (χ0v) is 13.7. The molecule has 1 aliphatic rings. The first kappa shape index (κ1) is 15.3. The van der Waals surface area contributed by atoms with E-state index in [-0.39, 0.29) is 11.6 Å². The Labute approximate surface area is 142 Å². The van der Waals surface area contributed by atoms with Crippen LogP contribution in [0.15, 0.2) is 22.7 Å². The molecule has 1 aromatic carbocycles. The molecule has 0 saturated carbocycles. The molecule has 2 heterocycles. The van der Waals surface area contributed by atoms with E-state index in [0.717, 1.165) is 30.5 Å². The molecular formula is C16H14ClFN4O2. The Morgan fingerprint density at radius 2 is 2.25 bits per heavy atom. The number of rotatable bonds is 4. The second-order valence-corrected chi connectivity index (χ2v) is 5.97. The predicted octanol–water partition coefficient (Wildman–Crippen LogP) is 3.35. The van der Waals surface area contributed by atoms with Crippen molar-refractivity contribution in [3.8, 4) is 17.3 Å². The average Bonchev–Trinajstić information content (AvgIpc) is 3.26. The van der Waals surface area contributed by atoms with Crippen molar-refractivity contribution in [2.75, 3.05) is 7.11 Å². The van der Waals surface area contributed by atoms with Gasteiger partial charge >= 0.3 is 0 Å². The van der Waals surface area contributed by atoms with Gasteiger partial charge in [0.05, 0.1) is 5.02 Å². The van der Waals surface area contributed by atoms with Gasteiger partial charge in [-0.05, 0) is 31.4 Å². The first-order chi connectivity index (χ1) is 11.7. The summed E-state index contributed by atoms with van der Waals surface area (Å²) in [5.41, 5.74) is 2.89. The lowest BCUT2D eigenvalue weighted by molar-refractivity contribution is 0.174. The molecular weight excluding hydrogens is 335 g/mol. The van der Waals surface area contributed by atoms with E-state index < -0.39 is 5.82 Å². The fraction of sp³-hybridized carbons (Fsp3) is 0.312. The molecule has 1 aliphatic carbocycles. The zero-order chi connectivity index (χ0) is 16.7. The van der Waals surface area contributed by atoms with Crippen LogP contribution in [0, 0.1) is 5.82 Å². The highest BCUT2D eigenvalue weighted by Gasteiger charge is 2.28. The molecule has 3 aromatic rings. The largest absolute Gasteiger partial charge is 0.377 e. The van der Waals surface area contributed by atoms with E-state index in [1.54, 1.807) is 23.9 Å². The lowest BCUT2D eigenvalue weighted by atomic mass is 10.2. The molecule has 0 aliphatic heterocycles. The van der Waals surface area contributed by atoms with Crippen LogP contribution in [0.3, 0.4) is 0 Å². The molecule has 4 rings (SSSR count). The van der Waals surface area contributed by atoms with Crippen LogP contribution in [0.5, 0.6) is 0 Å². The molecule has 8 heteroatoms. The van der Waals surface area contributed by atoms with Gasteiger partial charge in [-0.2, -0.15) is 10.1 Å². The van der Waals surface area contributed by atoms with Gasteiger partial charge in [0.2, 0.25) is 0 Å². The van der Waals surface area contributed by atoms with Crippen molar-refractivity contribution in [2.45, 2.75) is 25.9 Å². The summed E-state index contributed by atoms with van der Waals surface area (Å²) < 4.78 is 26.3. The summed E-state index contributed by atoms with van der Waals surface area (Å²) in [6.45, 7) is 0.259. The fourth-order valence-corrected chi connectivity index (χ4v) is 3.17. The Balaban J connectivity index is 1.84. The van der Waals surface area contributed by atoms with Crippen molar-refractivity contribution in [1.29, 1.82) is 0 Å². The highest BCUT2D eigenvalue weighted by Crippen LogP contribution is 2.34. The lowest BCUT2D eigenvalue weighted by Gasteiger charge is -2.07. The minimum absolute atomic E-state index is 0.0662. The number of hydrogen-bond acceptors (Lipinski definition) is 5. The molecule has 0 atom stereocenters. The molecule has 0 radical (unpaired) electrons. The molecule has 6 nitrogen and oxygen atoms in total. The van der Waals surface area contributed by atoms with Crippen molar-refractivity contribution >= 4 is 11.6 Å². The third-order valence-corrected chi connectivity index (χ3v) is 4.33. The minimum atomic E-state index is -0.492. The van der Waals surface area contributed by atoms with Gasteiger partial charge in [-0.1, -0.05) is 22.8 Å². The van der Waals surface area contributed by atoms with Crippen LogP contribution in [0.1, 0.15) is 23.5 Å². The predicted molar refractivity (Wildman–Crippen MR) is 84.6 cm³/mol. The molecule has 0 bridgehead atoms. The molecule has 0 saturated heterocycles. The molecule has 0 spiro atoms. The summed E-state index contributed by atoms with van der Waals surface area (Å²) >= 11 is 5.91. The molecule has 2 aromatic heterocycles. The number of methoxy groups -OCH3 is 1. The normalized spacial score (nSPS) is 13.5. The molecule has 0 fully saturated rings. The van der Waals surface area contributed by atoms with E-state index in [1.807, 2.05) is 0 Å². The van der Waals surface area contributed by atoms with Crippen LogP contribution >= 0.6 is 11.6 Å². The van der Waals surface area contributed by atoms with Gasteiger partial charge in [-0.15, -0.1) is 0 Å². The molecule has 124 valence electrons. The Hall–Kier alpha value is -2.25. The van der Waals surface area contributed by atoms with E-state index in [4.69, 9.17) is 20.9 Å². The molecule has 0 N–H and O–H groups in total. The van der Waals surface area contributed by atoms with E-state index >= 15 is 0 Å². The van der Waals surface area contributed by atoms with Gasteiger partial charge < -0.3 is 9.26 Å². The number of halogens is 2. The van der Waals surface area contributed by atoms with Crippen molar-refractivity contribution in [2.24, 2.45) is 0 Å². The summed E-state index contributed by atoms with van der Waals surface area (Å²) in [5, 5.41) is 8.46. The second kappa shape index (κ2) is 5.99. The standard InChI is InChI=1S/C16H14ClFN4O2/c1-23-8-13-19-16(24-21-13)15-9-4-2-6-11(9)22(20-15)12-7-3-5-10(17)14(12)18/h3,5,7H,2,4,6,8H2,1H3. The van der Waals surface area contributed by atoms with Gasteiger partial charge in [0.25, 0.3) is 5.89 Å².